The monoisotopic (exact) mass is 736 g/mol. The highest BCUT2D eigenvalue weighted by Crippen LogP contribution is 2.45. The number of nitrogens with zero attached hydrogens (tertiary/aromatic N) is 2. The summed E-state index contributed by atoms with van der Waals surface area (Å²) in [7, 11) is 5.06. The van der Waals surface area contributed by atoms with Gasteiger partial charge in [0.25, 0.3) is 0 Å². The number of carbonyl (C=O) groups excluding carboxylic acids is 4. The number of halogens is 1. The molecule has 0 aromatic heterocycles. The first-order valence-corrected chi connectivity index (χ1v) is 16.0. The molecule has 0 fully saturated rings. The summed E-state index contributed by atoms with van der Waals surface area (Å²) < 4.78 is 21.2. The molecule has 5 rings (SSSR count). The molecule has 0 saturated heterocycles. The number of rotatable bonds is 10. The Kier molecular flexibility index (Phi) is 11.0. The van der Waals surface area contributed by atoms with Gasteiger partial charge in [-0.25, -0.2) is 19.2 Å². The number of benzene rings is 5. The van der Waals surface area contributed by atoms with Crippen molar-refractivity contribution in [3.63, 3.8) is 0 Å². The van der Waals surface area contributed by atoms with Crippen LogP contribution in [0.15, 0.2) is 114 Å². The van der Waals surface area contributed by atoms with Crippen molar-refractivity contribution >= 4 is 73.9 Å². The lowest BCUT2D eigenvalue weighted by atomic mass is 10.00. The molecule has 254 valence electrons. The van der Waals surface area contributed by atoms with Crippen LogP contribution in [0.3, 0.4) is 0 Å². The van der Waals surface area contributed by atoms with E-state index in [1.807, 2.05) is 72.8 Å². The highest BCUT2D eigenvalue weighted by Gasteiger charge is 2.31. The number of para-hydroxylation sites is 2. The molecule has 50 heavy (non-hydrogen) atoms. The molecular weight excluding hydrogens is 704 g/mol. The third-order valence-corrected chi connectivity index (χ3v) is 8.23. The van der Waals surface area contributed by atoms with E-state index in [2.05, 4.69) is 15.9 Å². The molecule has 0 heterocycles. The van der Waals surface area contributed by atoms with Crippen LogP contribution in [-0.2, 0) is 18.9 Å². The van der Waals surface area contributed by atoms with Crippen LogP contribution in [0, 0.1) is 6.92 Å². The quantitative estimate of drug-likeness (QED) is 0.102. The zero-order valence-corrected chi connectivity index (χ0v) is 29.5. The maximum absolute atomic E-state index is 13.3. The Morgan fingerprint density at radius 2 is 0.780 bits per heavy atom. The van der Waals surface area contributed by atoms with Gasteiger partial charge in [-0.1, -0.05) is 58.4 Å². The molecule has 0 amide bonds. The summed E-state index contributed by atoms with van der Waals surface area (Å²) in [5, 5.41) is 0. The van der Waals surface area contributed by atoms with Crippen LogP contribution in [-0.4, -0.2) is 52.3 Å². The van der Waals surface area contributed by atoms with Crippen molar-refractivity contribution in [3.8, 4) is 0 Å². The van der Waals surface area contributed by atoms with Crippen LogP contribution in [0.4, 0.5) is 34.1 Å². The molecule has 0 radical (unpaired) electrons. The second kappa shape index (κ2) is 15.5. The van der Waals surface area contributed by atoms with E-state index in [1.165, 1.54) is 28.4 Å². The van der Waals surface area contributed by atoms with Crippen LogP contribution in [0.1, 0.15) is 47.0 Å². The summed E-state index contributed by atoms with van der Waals surface area (Å²) in [4.78, 5) is 56.9. The number of carbonyl (C=O) groups is 4. The van der Waals surface area contributed by atoms with Gasteiger partial charge < -0.3 is 28.7 Å². The minimum absolute atomic E-state index is 0.0935. The van der Waals surface area contributed by atoms with Gasteiger partial charge in [-0.2, -0.15) is 0 Å². The number of hydrogen-bond acceptors (Lipinski definition) is 10. The molecule has 5 aromatic rings. The summed E-state index contributed by atoms with van der Waals surface area (Å²) >= 11 is 3.42. The Morgan fingerprint density at radius 3 is 1.12 bits per heavy atom. The first kappa shape index (κ1) is 35.4. The van der Waals surface area contributed by atoms with Crippen molar-refractivity contribution in [2.24, 2.45) is 0 Å². The van der Waals surface area contributed by atoms with Crippen LogP contribution in [0.25, 0.3) is 0 Å². The number of hydrogen-bond donors (Lipinski definition) is 0. The fraction of sp³-hybridized carbons (Fsp3) is 0.128. The third kappa shape index (κ3) is 7.08. The fourth-order valence-corrected chi connectivity index (χ4v) is 6.12. The van der Waals surface area contributed by atoms with Crippen molar-refractivity contribution in [3.05, 3.63) is 141 Å². The zero-order chi connectivity index (χ0) is 35.9. The van der Waals surface area contributed by atoms with Gasteiger partial charge in [0.1, 0.15) is 0 Å². The van der Waals surface area contributed by atoms with Gasteiger partial charge in [-0.3, -0.25) is 0 Å². The number of methoxy groups -OCH3 is 4. The lowest BCUT2D eigenvalue weighted by molar-refractivity contribution is 0.0583. The molecule has 0 aliphatic rings. The van der Waals surface area contributed by atoms with Crippen molar-refractivity contribution in [2.45, 2.75) is 6.92 Å². The first-order chi connectivity index (χ1) is 24.1. The van der Waals surface area contributed by atoms with Crippen LogP contribution < -0.4 is 9.80 Å². The molecule has 0 aliphatic heterocycles. The van der Waals surface area contributed by atoms with Crippen molar-refractivity contribution in [1.82, 2.24) is 0 Å². The fourth-order valence-electron chi connectivity index (χ4n) is 5.66. The third-order valence-electron chi connectivity index (χ3n) is 7.77. The first-order valence-electron chi connectivity index (χ1n) is 15.2. The van der Waals surface area contributed by atoms with Crippen LogP contribution in [0.2, 0.25) is 0 Å². The van der Waals surface area contributed by atoms with E-state index >= 15 is 0 Å². The molecule has 0 bridgehead atoms. The lowest BCUT2D eigenvalue weighted by Gasteiger charge is -2.32. The maximum Gasteiger partial charge on any atom is 0.340 e. The van der Waals surface area contributed by atoms with E-state index in [4.69, 9.17) is 18.9 Å². The predicted octanol–water partition coefficient (Wildman–Crippen LogP) is 8.84. The molecule has 0 spiro atoms. The molecule has 0 unspecified atom stereocenters. The minimum atomic E-state index is -0.681. The average molecular weight is 738 g/mol. The van der Waals surface area contributed by atoms with Crippen LogP contribution >= 0.6 is 15.9 Å². The Balaban J connectivity index is 1.88. The van der Waals surface area contributed by atoms with Gasteiger partial charge in [-0.15, -0.1) is 0 Å². The minimum Gasteiger partial charge on any atom is -0.465 e. The molecule has 0 aliphatic carbocycles. The van der Waals surface area contributed by atoms with E-state index in [0.717, 1.165) is 0 Å². The number of ether oxygens (including phenoxy) is 4. The molecule has 10 nitrogen and oxygen atoms in total. The SMILES string of the molecule is COC(=O)c1cc(C)cc(C(=O)OC)c1N(c1ccccc1)c1cccc(N(c2ccccc2)c2c(C(=O)OC)cc(Br)cc2C(=O)OC)c1. The standard InChI is InChI=1S/C39H33BrN2O8/c1-24-19-30(36(43)47-2)34(31(20-24)37(44)48-3)41(26-13-8-6-9-14-26)28-17-12-18-29(23-28)42(27-15-10-7-11-16-27)35-32(38(45)49-4)21-25(40)22-33(35)39(46)50-5/h6-23H,1-5H3. The maximum atomic E-state index is 13.3. The Labute approximate surface area is 297 Å². The lowest BCUT2D eigenvalue weighted by Crippen LogP contribution is -2.21. The summed E-state index contributed by atoms with van der Waals surface area (Å²) in [5.74, 6) is -2.67. The van der Waals surface area contributed by atoms with Gasteiger partial charge in [0.15, 0.2) is 0 Å². The van der Waals surface area contributed by atoms with Crippen molar-refractivity contribution in [2.75, 3.05) is 38.2 Å². The topological polar surface area (TPSA) is 112 Å². The number of esters is 4. The van der Waals surface area contributed by atoms with E-state index in [1.54, 1.807) is 53.1 Å². The summed E-state index contributed by atoms with van der Waals surface area (Å²) in [6, 6.07) is 32.0. The van der Waals surface area contributed by atoms with Gasteiger partial charge in [0, 0.05) is 27.2 Å². The Hall–Kier alpha value is -5.94. The van der Waals surface area contributed by atoms with Gasteiger partial charge in [-0.05, 0) is 79.2 Å². The smallest absolute Gasteiger partial charge is 0.340 e. The Bertz CT molecular complexity index is 1850. The average Bonchev–Trinajstić information content (AvgIpc) is 3.15. The highest BCUT2D eigenvalue weighted by molar-refractivity contribution is 9.10. The highest BCUT2D eigenvalue weighted by atomic mass is 79.9. The van der Waals surface area contributed by atoms with Crippen molar-refractivity contribution < 1.29 is 38.1 Å². The summed E-state index contributed by atoms with van der Waals surface area (Å²) in [6.45, 7) is 1.77. The van der Waals surface area contributed by atoms with E-state index < -0.39 is 23.9 Å². The van der Waals surface area contributed by atoms with Gasteiger partial charge in [0.05, 0.1) is 62.1 Å². The second-order valence-electron chi connectivity index (χ2n) is 10.9. The van der Waals surface area contributed by atoms with E-state index in [0.29, 0.717) is 32.8 Å². The Morgan fingerprint density at radius 1 is 0.460 bits per heavy atom. The summed E-state index contributed by atoms with van der Waals surface area (Å²) in [6.07, 6.45) is 0. The van der Waals surface area contributed by atoms with Gasteiger partial charge >= 0.3 is 23.9 Å². The predicted molar refractivity (Wildman–Crippen MR) is 194 cm³/mol. The molecule has 0 saturated carbocycles. The zero-order valence-electron chi connectivity index (χ0n) is 27.9. The summed E-state index contributed by atoms with van der Waals surface area (Å²) in [5.41, 5.74) is 3.80. The largest absolute Gasteiger partial charge is 0.465 e. The normalized spacial score (nSPS) is 10.5. The molecular formula is C39H33BrN2O8. The molecule has 5 aromatic carbocycles. The van der Waals surface area contributed by atoms with E-state index in [-0.39, 0.29) is 33.6 Å². The van der Waals surface area contributed by atoms with Gasteiger partial charge in [0.2, 0.25) is 0 Å². The van der Waals surface area contributed by atoms with Crippen LogP contribution in [0.5, 0.6) is 0 Å². The second-order valence-corrected chi connectivity index (χ2v) is 11.8. The molecule has 0 N–H and O–H groups in total. The molecule has 0 atom stereocenters. The van der Waals surface area contributed by atoms with E-state index in [9.17, 15) is 19.2 Å². The number of anilines is 6. The molecule has 11 heteroatoms. The van der Waals surface area contributed by atoms with Crippen molar-refractivity contribution in [1.29, 1.82) is 0 Å². The number of aryl methyl sites for hydroxylation is 1.